The van der Waals surface area contributed by atoms with E-state index < -0.39 is 0 Å². The number of nitrogens with zero attached hydrogens (tertiary/aromatic N) is 3. The molecule has 14 heavy (non-hydrogen) atoms. The Hall–Kier alpha value is -0.380. The van der Waals surface area contributed by atoms with Crippen molar-refractivity contribution >= 4 is 23.2 Å². The second-order valence-electron chi connectivity index (χ2n) is 3.33. The molecule has 0 fully saturated rings. The summed E-state index contributed by atoms with van der Waals surface area (Å²) in [7, 11) is 0. The standard InChI is InChI=1S/C9H11Cl2N3/c1-2-14-4-3-6-7(5-14)12-9(11)13-8(6)10/h2-5H2,1H3. The summed E-state index contributed by atoms with van der Waals surface area (Å²) in [4.78, 5) is 10.4. The third-order valence-corrected chi connectivity index (χ3v) is 3.00. The van der Waals surface area contributed by atoms with Crippen molar-refractivity contribution in [1.82, 2.24) is 14.9 Å². The van der Waals surface area contributed by atoms with Gasteiger partial charge in [0.05, 0.1) is 5.69 Å². The van der Waals surface area contributed by atoms with Gasteiger partial charge in [-0.05, 0) is 24.6 Å². The van der Waals surface area contributed by atoms with Crippen molar-refractivity contribution in [3.63, 3.8) is 0 Å². The second-order valence-corrected chi connectivity index (χ2v) is 4.02. The highest BCUT2D eigenvalue weighted by Gasteiger charge is 2.19. The maximum absolute atomic E-state index is 5.98. The van der Waals surface area contributed by atoms with Crippen LogP contribution in [0.25, 0.3) is 0 Å². The molecule has 0 saturated heterocycles. The van der Waals surface area contributed by atoms with Gasteiger partial charge in [0.1, 0.15) is 5.15 Å². The van der Waals surface area contributed by atoms with Crippen LogP contribution < -0.4 is 0 Å². The zero-order valence-electron chi connectivity index (χ0n) is 7.93. The lowest BCUT2D eigenvalue weighted by Crippen LogP contribution is -2.31. The Kier molecular flexibility index (Phi) is 2.91. The Morgan fingerprint density at radius 1 is 1.36 bits per heavy atom. The normalized spacial score (nSPS) is 16.8. The quantitative estimate of drug-likeness (QED) is 0.548. The van der Waals surface area contributed by atoms with Gasteiger partial charge in [0, 0.05) is 18.7 Å². The average Bonchev–Trinajstić information content (AvgIpc) is 2.16. The minimum atomic E-state index is 0.242. The SMILES string of the molecule is CCN1CCc2c(Cl)nc(Cl)nc2C1. The van der Waals surface area contributed by atoms with Gasteiger partial charge in [0.2, 0.25) is 5.28 Å². The van der Waals surface area contributed by atoms with Gasteiger partial charge < -0.3 is 0 Å². The summed E-state index contributed by atoms with van der Waals surface area (Å²) >= 11 is 11.7. The number of hydrogen-bond donors (Lipinski definition) is 0. The second kappa shape index (κ2) is 4.01. The maximum Gasteiger partial charge on any atom is 0.224 e. The molecule has 0 amide bonds. The lowest BCUT2D eigenvalue weighted by molar-refractivity contribution is 0.263. The van der Waals surface area contributed by atoms with E-state index in [0.717, 1.165) is 37.3 Å². The molecule has 0 aromatic carbocycles. The Labute approximate surface area is 93.1 Å². The van der Waals surface area contributed by atoms with Gasteiger partial charge >= 0.3 is 0 Å². The Morgan fingerprint density at radius 3 is 2.86 bits per heavy atom. The monoisotopic (exact) mass is 231 g/mol. The number of hydrogen-bond acceptors (Lipinski definition) is 3. The van der Waals surface area contributed by atoms with E-state index in [9.17, 15) is 0 Å². The zero-order valence-corrected chi connectivity index (χ0v) is 9.44. The van der Waals surface area contributed by atoms with E-state index in [2.05, 4.69) is 21.8 Å². The lowest BCUT2D eigenvalue weighted by Gasteiger charge is -2.26. The molecule has 0 atom stereocenters. The maximum atomic E-state index is 5.98. The van der Waals surface area contributed by atoms with Crippen molar-refractivity contribution in [1.29, 1.82) is 0 Å². The molecule has 0 radical (unpaired) electrons. The first kappa shape index (κ1) is 10.1. The van der Waals surface area contributed by atoms with Crippen LogP contribution in [-0.2, 0) is 13.0 Å². The molecule has 2 heterocycles. The molecule has 0 N–H and O–H groups in total. The molecule has 0 bridgehead atoms. The molecule has 76 valence electrons. The van der Waals surface area contributed by atoms with Gasteiger partial charge in [-0.15, -0.1) is 0 Å². The van der Waals surface area contributed by atoms with Crippen molar-refractivity contribution in [2.24, 2.45) is 0 Å². The van der Waals surface area contributed by atoms with E-state index in [4.69, 9.17) is 23.2 Å². The van der Waals surface area contributed by atoms with Crippen molar-refractivity contribution in [3.05, 3.63) is 21.7 Å². The molecule has 3 nitrogen and oxygen atoms in total. The minimum absolute atomic E-state index is 0.242. The van der Waals surface area contributed by atoms with Crippen LogP contribution in [0.1, 0.15) is 18.2 Å². The zero-order chi connectivity index (χ0) is 10.1. The lowest BCUT2D eigenvalue weighted by atomic mass is 10.1. The Balaban J connectivity index is 2.37. The summed E-state index contributed by atoms with van der Waals surface area (Å²) < 4.78 is 0. The highest BCUT2D eigenvalue weighted by molar-refractivity contribution is 6.32. The van der Waals surface area contributed by atoms with Crippen LogP contribution in [0.5, 0.6) is 0 Å². The Morgan fingerprint density at radius 2 is 2.14 bits per heavy atom. The molecule has 1 aliphatic rings. The highest BCUT2D eigenvalue weighted by atomic mass is 35.5. The van der Waals surface area contributed by atoms with Gasteiger partial charge in [-0.2, -0.15) is 0 Å². The third kappa shape index (κ3) is 1.85. The number of fused-ring (bicyclic) bond motifs is 1. The first-order valence-corrected chi connectivity index (χ1v) is 5.39. The van der Waals surface area contributed by atoms with Gasteiger partial charge in [0.15, 0.2) is 0 Å². The smallest absolute Gasteiger partial charge is 0.224 e. The Bertz CT molecular complexity index is 354. The molecule has 0 aliphatic carbocycles. The average molecular weight is 232 g/mol. The van der Waals surface area contributed by atoms with E-state index in [0.29, 0.717) is 5.15 Å². The van der Waals surface area contributed by atoms with Gasteiger partial charge in [0.25, 0.3) is 0 Å². The van der Waals surface area contributed by atoms with Crippen LogP contribution in [0.4, 0.5) is 0 Å². The molecule has 5 heteroatoms. The number of halogens is 2. The topological polar surface area (TPSA) is 29.0 Å². The molecule has 2 rings (SSSR count). The summed E-state index contributed by atoms with van der Waals surface area (Å²) in [6.45, 7) is 5.01. The van der Waals surface area contributed by atoms with Crippen LogP contribution in [-0.4, -0.2) is 28.0 Å². The predicted octanol–water partition coefficient (Wildman–Crippen LogP) is 2.16. The van der Waals surface area contributed by atoms with E-state index in [1.165, 1.54) is 0 Å². The van der Waals surface area contributed by atoms with Gasteiger partial charge in [-0.3, -0.25) is 4.90 Å². The predicted molar refractivity (Wildman–Crippen MR) is 56.7 cm³/mol. The number of aromatic nitrogens is 2. The molecule has 1 aromatic heterocycles. The fourth-order valence-electron chi connectivity index (χ4n) is 1.68. The van der Waals surface area contributed by atoms with Crippen LogP contribution in [0.2, 0.25) is 10.4 Å². The largest absolute Gasteiger partial charge is 0.297 e. The summed E-state index contributed by atoms with van der Waals surface area (Å²) in [6, 6.07) is 0. The fourth-order valence-corrected chi connectivity index (χ4v) is 2.19. The van der Waals surface area contributed by atoms with Crippen molar-refractivity contribution in [2.75, 3.05) is 13.1 Å². The van der Waals surface area contributed by atoms with Gasteiger partial charge in [-0.25, -0.2) is 9.97 Å². The van der Waals surface area contributed by atoms with E-state index in [1.54, 1.807) is 0 Å². The van der Waals surface area contributed by atoms with Gasteiger partial charge in [-0.1, -0.05) is 18.5 Å². The van der Waals surface area contributed by atoms with E-state index in [-0.39, 0.29) is 5.28 Å². The van der Waals surface area contributed by atoms with Crippen molar-refractivity contribution < 1.29 is 0 Å². The molecule has 0 spiro atoms. The van der Waals surface area contributed by atoms with E-state index in [1.807, 2.05) is 0 Å². The van der Waals surface area contributed by atoms with Crippen LogP contribution in [0.3, 0.4) is 0 Å². The molecular formula is C9H11Cl2N3. The van der Waals surface area contributed by atoms with Crippen molar-refractivity contribution in [2.45, 2.75) is 19.9 Å². The summed E-state index contributed by atoms with van der Waals surface area (Å²) in [5.74, 6) is 0. The number of likely N-dealkylation sites (N-methyl/N-ethyl adjacent to an activating group) is 1. The molecular weight excluding hydrogens is 221 g/mol. The van der Waals surface area contributed by atoms with E-state index >= 15 is 0 Å². The highest BCUT2D eigenvalue weighted by Crippen LogP contribution is 2.24. The number of rotatable bonds is 1. The van der Waals surface area contributed by atoms with Crippen molar-refractivity contribution in [3.8, 4) is 0 Å². The summed E-state index contributed by atoms with van der Waals surface area (Å²) in [5, 5.41) is 0.752. The molecule has 0 saturated carbocycles. The minimum Gasteiger partial charge on any atom is -0.297 e. The first-order valence-electron chi connectivity index (χ1n) is 4.64. The first-order chi connectivity index (χ1) is 6.70. The summed E-state index contributed by atoms with van der Waals surface area (Å²) in [6.07, 6.45) is 0.916. The fraction of sp³-hybridized carbons (Fsp3) is 0.556. The molecule has 1 aliphatic heterocycles. The third-order valence-electron chi connectivity index (χ3n) is 2.51. The molecule has 0 unspecified atom stereocenters. The van der Waals surface area contributed by atoms with Crippen LogP contribution in [0, 0.1) is 0 Å². The summed E-state index contributed by atoms with van der Waals surface area (Å²) in [5.41, 5.74) is 2.03. The van der Waals surface area contributed by atoms with Crippen LogP contribution >= 0.6 is 23.2 Å². The van der Waals surface area contributed by atoms with Crippen LogP contribution in [0.15, 0.2) is 0 Å². The molecule has 1 aromatic rings.